The Morgan fingerprint density at radius 1 is 1.19 bits per heavy atom. The summed E-state index contributed by atoms with van der Waals surface area (Å²) < 4.78 is 38.5. The van der Waals surface area contributed by atoms with E-state index in [-0.39, 0.29) is 11.4 Å². The average molecular weight is 296 g/mol. The Balaban J connectivity index is 2.28. The minimum absolute atomic E-state index is 0.0533. The van der Waals surface area contributed by atoms with Gasteiger partial charge in [0.05, 0.1) is 16.9 Å². The normalized spacial score (nSPS) is 11.0. The van der Waals surface area contributed by atoms with E-state index in [0.29, 0.717) is 5.69 Å². The number of aromatic nitrogens is 1. The van der Waals surface area contributed by atoms with Crippen LogP contribution < -0.4 is 16.6 Å². The highest BCUT2D eigenvalue weighted by Gasteiger charge is 2.33. The highest BCUT2D eigenvalue weighted by Crippen LogP contribution is 2.34. The van der Waals surface area contributed by atoms with Gasteiger partial charge in [-0.2, -0.15) is 13.2 Å². The fourth-order valence-corrected chi connectivity index (χ4v) is 1.67. The summed E-state index contributed by atoms with van der Waals surface area (Å²) in [5.41, 5.74) is 1.43. The number of alkyl halides is 3. The second-order valence-corrected chi connectivity index (χ2v) is 4.07. The predicted molar refractivity (Wildman–Crippen MR) is 71.4 cm³/mol. The van der Waals surface area contributed by atoms with Crippen molar-refractivity contribution in [3.63, 3.8) is 0 Å². The molecule has 5 nitrogen and oxygen atoms in total. The molecule has 0 bridgehead atoms. The van der Waals surface area contributed by atoms with Crippen LogP contribution in [-0.4, -0.2) is 10.9 Å². The molecule has 1 aromatic heterocycles. The van der Waals surface area contributed by atoms with Crippen LogP contribution in [0.25, 0.3) is 0 Å². The monoisotopic (exact) mass is 296 g/mol. The van der Waals surface area contributed by atoms with E-state index in [4.69, 9.17) is 5.84 Å². The summed E-state index contributed by atoms with van der Waals surface area (Å²) >= 11 is 0. The summed E-state index contributed by atoms with van der Waals surface area (Å²) in [5.74, 6) is 4.43. The minimum atomic E-state index is -4.56. The van der Waals surface area contributed by atoms with Gasteiger partial charge in [-0.15, -0.1) is 0 Å². The fourth-order valence-electron chi connectivity index (χ4n) is 1.67. The number of hydrogen-bond acceptors (Lipinski definition) is 4. The first-order valence-corrected chi connectivity index (χ1v) is 5.82. The fraction of sp³-hybridized carbons (Fsp3) is 0.0769. The van der Waals surface area contributed by atoms with Gasteiger partial charge < -0.3 is 10.7 Å². The number of carbonyl (C=O) groups excluding carboxylic acids is 1. The number of carbonyl (C=O) groups is 1. The van der Waals surface area contributed by atoms with E-state index in [1.807, 2.05) is 0 Å². The van der Waals surface area contributed by atoms with Gasteiger partial charge in [0.25, 0.3) is 5.91 Å². The third-order valence-electron chi connectivity index (χ3n) is 2.64. The van der Waals surface area contributed by atoms with E-state index in [1.165, 1.54) is 36.5 Å². The number of nitrogen functional groups attached to an aromatic ring is 1. The molecular weight excluding hydrogens is 285 g/mol. The van der Waals surface area contributed by atoms with E-state index in [9.17, 15) is 18.0 Å². The molecule has 2 aromatic rings. The molecule has 4 N–H and O–H groups in total. The lowest BCUT2D eigenvalue weighted by Gasteiger charge is -2.13. The van der Waals surface area contributed by atoms with Gasteiger partial charge in [-0.05, 0) is 24.3 Å². The van der Waals surface area contributed by atoms with E-state index >= 15 is 0 Å². The lowest BCUT2D eigenvalue weighted by Crippen LogP contribution is -2.18. The van der Waals surface area contributed by atoms with E-state index in [2.05, 4.69) is 15.7 Å². The first-order valence-electron chi connectivity index (χ1n) is 5.82. The van der Waals surface area contributed by atoms with Crippen LogP contribution in [0, 0.1) is 0 Å². The highest BCUT2D eigenvalue weighted by molar-refractivity contribution is 6.03. The molecule has 0 fully saturated rings. The molecule has 21 heavy (non-hydrogen) atoms. The van der Waals surface area contributed by atoms with E-state index in [0.717, 1.165) is 6.07 Å². The lowest BCUT2D eigenvalue weighted by atomic mass is 10.1. The number of nitrogens with zero attached hydrogens (tertiary/aromatic N) is 1. The Kier molecular flexibility index (Phi) is 4.08. The summed E-state index contributed by atoms with van der Waals surface area (Å²) in [6.07, 6.45) is -3.24. The Labute approximate surface area is 118 Å². The second kappa shape index (κ2) is 5.80. The number of halogens is 3. The molecule has 0 radical (unpaired) electrons. The zero-order valence-electron chi connectivity index (χ0n) is 10.6. The maximum atomic E-state index is 12.8. The number of benzene rings is 1. The molecule has 0 unspecified atom stereocenters. The average Bonchev–Trinajstić information content (AvgIpc) is 2.46. The molecule has 0 saturated heterocycles. The van der Waals surface area contributed by atoms with Crippen LogP contribution in [0.3, 0.4) is 0 Å². The predicted octanol–water partition coefficient (Wildman–Crippen LogP) is 2.64. The smallest absolute Gasteiger partial charge is 0.324 e. The zero-order chi connectivity index (χ0) is 15.5. The van der Waals surface area contributed by atoms with Crippen molar-refractivity contribution in [3.05, 3.63) is 53.9 Å². The molecule has 1 aromatic carbocycles. The SMILES string of the molecule is NNc1ccnc(C(=O)Nc2ccccc2C(F)(F)F)c1. The van der Waals surface area contributed by atoms with Crippen molar-refractivity contribution in [2.24, 2.45) is 5.84 Å². The number of nitrogens with one attached hydrogen (secondary N) is 2. The minimum Gasteiger partial charge on any atom is -0.324 e. The van der Waals surface area contributed by atoms with Crippen LogP contribution in [0.4, 0.5) is 24.5 Å². The van der Waals surface area contributed by atoms with Crippen molar-refractivity contribution in [2.75, 3.05) is 10.7 Å². The van der Waals surface area contributed by atoms with Crippen LogP contribution in [0.15, 0.2) is 42.6 Å². The van der Waals surface area contributed by atoms with Gasteiger partial charge in [-0.3, -0.25) is 15.6 Å². The first kappa shape index (κ1) is 14.8. The van der Waals surface area contributed by atoms with Gasteiger partial charge in [0.1, 0.15) is 5.69 Å². The van der Waals surface area contributed by atoms with Crippen molar-refractivity contribution in [2.45, 2.75) is 6.18 Å². The van der Waals surface area contributed by atoms with Crippen LogP contribution >= 0.6 is 0 Å². The van der Waals surface area contributed by atoms with Gasteiger partial charge in [0.2, 0.25) is 0 Å². The number of rotatable bonds is 3. The first-order chi connectivity index (χ1) is 9.91. The van der Waals surface area contributed by atoms with Gasteiger partial charge >= 0.3 is 6.18 Å². The standard InChI is InChI=1S/C13H11F3N4O/c14-13(15,16)9-3-1-2-4-10(9)19-12(21)11-7-8(20-17)5-6-18-11/h1-7H,17H2,(H,18,20)(H,19,21). The van der Waals surface area contributed by atoms with Gasteiger partial charge in [0, 0.05) is 6.20 Å². The molecule has 0 aliphatic rings. The van der Waals surface area contributed by atoms with Crippen molar-refractivity contribution < 1.29 is 18.0 Å². The maximum Gasteiger partial charge on any atom is 0.418 e. The van der Waals surface area contributed by atoms with Crippen LogP contribution in [0.2, 0.25) is 0 Å². The number of hydrazine groups is 1. The van der Waals surface area contributed by atoms with E-state index < -0.39 is 17.6 Å². The summed E-state index contributed by atoms with van der Waals surface area (Å²) in [5, 5.41) is 2.19. The summed E-state index contributed by atoms with van der Waals surface area (Å²) in [7, 11) is 0. The molecule has 110 valence electrons. The topological polar surface area (TPSA) is 80.0 Å². The van der Waals surface area contributed by atoms with Gasteiger partial charge in [-0.1, -0.05) is 12.1 Å². The molecule has 0 atom stereocenters. The molecule has 1 heterocycles. The van der Waals surface area contributed by atoms with Crippen LogP contribution in [0.5, 0.6) is 0 Å². The Hall–Kier alpha value is -2.61. The molecular formula is C13H11F3N4O. The largest absolute Gasteiger partial charge is 0.418 e. The van der Waals surface area contributed by atoms with E-state index in [1.54, 1.807) is 0 Å². The van der Waals surface area contributed by atoms with Crippen molar-refractivity contribution in [3.8, 4) is 0 Å². The third-order valence-corrected chi connectivity index (χ3v) is 2.64. The van der Waals surface area contributed by atoms with Crippen molar-refractivity contribution in [1.29, 1.82) is 0 Å². The van der Waals surface area contributed by atoms with Gasteiger partial charge in [-0.25, -0.2) is 0 Å². The molecule has 0 saturated carbocycles. The highest BCUT2D eigenvalue weighted by atomic mass is 19.4. The van der Waals surface area contributed by atoms with Crippen molar-refractivity contribution in [1.82, 2.24) is 4.98 Å². The molecule has 0 aliphatic carbocycles. The Morgan fingerprint density at radius 3 is 2.57 bits per heavy atom. The van der Waals surface area contributed by atoms with Crippen LogP contribution in [-0.2, 0) is 6.18 Å². The number of nitrogens with two attached hydrogens (primary N) is 1. The molecule has 0 aliphatic heterocycles. The van der Waals surface area contributed by atoms with Crippen LogP contribution in [0.1, 0.15) is 16.1 Å². The Morgan fingerprint density at radius 2 is 1.90 bits per heavy atom. The lowest BCUT2D eigenvalue weighted by molar-refractivity contribution is -0.136. The van der Waals surface area contributed by atoms with Gasteiger partial charge in [0.15, 0.2) is 0 Å². The molecule has 0 spiro atoms. The molecule has 8 heteroatoms. The number of hydrogen-bond donors (Lipinski definition) is 3. The quantitative estimate of drug-likeness (QED) is 0.601. The maximum absolute atomic E-state index is 12.8. The van der Waals surface area contributed by atoms with Crippen molar-refractivity contribution >= 4 is 17.3 Å². The molecule has 1 amide bonds. The third kappa shape index (κ3) is 3.48. The number of pyridine rings is 1. The summed E-state index contributed by atoms with van der Waals surface area (Å²) in [4.78, 5) is 15.7. The number of amides is 1. The number of para-hydroxylation sites is 1. The summed E-state index contributed by atoms with van der Waals surface area (Å²) in [6, 6.07) is 7.55. The number of anilines is 2. The Bertz CT molecular complexity index is 658. The zero-order valence-corrected chi connectivity index (χ0v) is 10.6. The molecule has 2 rings (SSSR count). The second-order valence-electron chi connectivity index (χ2n) is 4.07. The summed E-state index contributed by atoms with van der Waals surface area (Å²) in [6.45, 7) is 0.